The lowest BCUT2D eigenvalue weighted by atomic mass is 9.99. The quantitative estimate of drug-likeness (QED) is 0.758. The normalized spacial score (nSPS) is 41.7. The number of hydrogen-bond acceptors (Lipinski definition) is 3. The Morgan fingerprint density at radius 2 is 1.87 bits per heavy atom. The first-order valence-corrected chi connectivity index (χ1v) is 5.70. The second-order valence-corrected chi connectivity index (χ2v) is 4.49. The highest BCUT2D eigenvalue weighted by molar-refractivity contribution is 5.72. The van der Waals surface area contributed by atoms with Gasteiger partial charge in [0.05, 0.1) is 18.3 Å². The fourth-order valence-corrected chi connectivity index (χ4v) is 2.41. The molecule has 4 nitrogen and oxygen atoms in total. The molecule has 0 spiro atoms. The first-order chi connectivity index (χ1) is 7.16. The van der Waals surface area contributed by atoms with Gasteiger partial charge in [-0.1, -0.05) is 0 Å². The third-order valence-electron chi connectivity index (χ3n) is 3.25. The largest absolute Gasteiger partial charge is 0.479 e. The zero-order chi connectivity index (χ0) is 10.8. The summed E-state index contributed by atoms with van der Waals surface area (Å²) in [5.41, 5.74) is 0. The second kappa shape index (κ2) is 4.49. The molecule has 2 aliphatic rings. The van der Waals surface area contributed by atoms with Crippen LogP contribution in [-0.2, 0) is 14.3 Å². The van der Waals surface area contributed by atoms with E-state index in [1.807, 2.05) is 0 Å². The molecule has 0 aromatic rings. The maximum Gasteiger partial charge on any atom is 0.332 e. The Morgan fingerprint density at radius 3 is 2.47 bits per heavy atom. The molecule has 15 heavy (non-hydrogen) atoms. The Hall–Kier alpha value is -0.610. The molecule has 2 aliphatic heterocycles. The molecule has 0 aromatic carbocycles. The Morgan fingerprint density at radius 1 is 1.13 bits per heavy atom. The second-order valence-electron chi connectivity index (χ2n) is 4.49. The van der Waals surface area contributed by atoms with Gasteiger partial charge in [-0.25, -0.2) is 4.79 Å². The summed E-state index contributed by atoms with van der Waals surface area (Å²) < 4.78 is 11.3. The summed E-state index contributed by atoms with van der Waals surface area (Å²) in [7, 11) is 0. The highest BCUT2D eigenvalue weighted by Gasteiger charge is 2.36. The molecule has 0 amide bonds. The number of carboxylic acids is 1. The summed E-state index contributed by atoms with van der Waals surface area (Å²) in [4.78, 5) is 10.8. The predicted molar refractivity (Wildman–Crippen MR) is 53.7 cm³/mol. The third-order valence-corrected chi connectivity index (χ3v) is 3.25. The van der Waals surface area contributed by atoms with Gasteiger partial charge in [0.15, 0.2) is 6.10 Å². The van der Waals surface area contributed by atoms with Crippen molar-refractivity contribution in [2.75, 3.05) is 0 Å². The van der Waals surface area contributed by atoms with E-state index >= 15 is 0 Å². The average Bonchev–Trinajstić information content (AvgIpc) is 2.65. The summed E-state index contributed by atoms with van der Waals surface area (Å²) >= 11 is 0. The first-order valence-electron chi connectivity index (χ1n) is 5.70. The molecule has 0 aliphatic carbocycles. The molecule has 2 saturated heterocycles. The molecular weight excluding hydrogens is 196 g/mol. The van der Waals surface area contributed by atoms with E-state index < -0.39 is 12.1 Å². The zero-order valence-corrected chi connectivity index (χ0v) is 9.02. The van der Waals surface area contributed by atoms with Crippen LogP contribution in [0.3, 0.4) is 0 Å². The van der Waals surface area contributed by atoms with Crippen LogP contribution in [0.1, 0.15) is 39.0 Å². The molecule has 2 rings (SSSR count). The molecule has 2 fully saturated rings. The smallest absolute Gasteiger partial charge is 0.332 e. The van der Waals surface area contributed by atoms with Crippen LogP contribution in [-0.4, -0.2) is 35.5 Å². The summed E-state index contributed by atoms with van der Waals surface area (Å²) in [6, 6.07) is 0. The van der Waals surface area contributed by atoms with Gasteiger partial charge in [-0.2, -0.15) is 0 Å². The van der Waals surface area contributed by atoms with Crippen LogP contribution in [0.4, 0.5) is 0 Å². The van der Waals surface area contributed by atoms with Gasteiger partial charge < -0.3 is 14.6 Å². The average molecular weight is 214 g/mol. The van der Waals surface area contributed by atoms with Crippen LogP contribution in [0.25, 0.3) is 0 Å². The van der Waals surface area contributed by atoms with E-state index in [1.165, 1.54) is 0 Å². The fourth-order valence-electron chi connectivity index (χ4n) is 2.41. The molecule has 0 saturated carbocycles. The van der Waals surface area contributed by atoms with Crippen LogP contribution in [0.2, 0.25) is 0 Å². The predicted octanol–water partition coefficient (Wildman–Crippen LogP) is 1.58. The van der Waals surface area contributed by atoms with Crippen molar-refractivity contribution in [1.29, 1.82) is 0 Å². The van der Waals surface area contributed by atoms with E-state index in [0.717, 1.165) is 25.7 Å². The van der Waals surface area contributed by atoms with Gasteiger partial charge in [-0.3, -0.25) is 0 Å². The van der Waals surface area contributed by atoms with Crippen molar-refractivity contribution in [3.05, 3.63) is 0 Å². The lowest BCUT2D eigenvalue weighted by molar-refractivity contribution is -0.168. The number of ether oxygens (including phenoxy) is 2. The van der Waals surface area contributed by atoms with E-state index in [-0.39, 0.29) is 12.2 Å². The zero-order valence-electron chi connectivity index (χ0n) is 9.02. The minimum atomic E-state index is -0.842. The molecule has 2 heterocycles. The Kier molecular flexibility index (Phi) is 3.26. The van der Waals surface area contributed by atoms with E-state index in [0.29, 0.717) is 12.5 Å². The topological polar surface area (TPSA) is 55.8 Å². The van der Waals surface area contributed by atoms with E-state index in [9.17, 15) is 4.79 Å². The van der Waals surface area contributed by atoms with Crippen LogP contribution < -0.4 is 0 Å². The standard InChI is InChI=1S/C11H18O4/c1-7-5-6-9(14-7)8-3-2-4-10(15-8)11(12)13/h7-10H,2-6H2,1H3,(H,12,13). The summed E-state index contributed by atoms with van der Waals surface area (Å²) in [5.74, 6) is -0.842. The number of rotatable bonds is 2. The lowest BCUT2D eigenvalue weighted by Gasteiger charge is -2.31. The number of hydrogen-bond donors (Lipinski definition) is 1. The van der Waals surface area contributed by atoms with Crippen molar-refractivity contribution in [3.8, 4) is 0 Å². The molecular formula is C11H18O4. The SMILES string of the molecule is CC1CCC(C2CCCC(C(=O)O)O2)O1. The lowest BCUT2D eigenvalue weighted by Crippen LogP contribution is -2.40. The van der Waals surface area contributed by atoms with E-state index in [4.69, 9.17) is 14.6 Å². The van der Waals surface area contributed by atoms with Gasteiger partial charge >= 0.3 is 5.97 Å². The molecule has 4 atom stereocenters. The number of carbonyl (C=O) groups is 1. The van der Waals surface area contributed by atoms with Gasteiger partial charge in [0, 0.05) is 0 Å². The van der Waals surface area contributed by atoms with Crippen molar-refractivity contribution in [3.63, 3.8) is 0 Å². The van der Waals surface area contributed by atoms with Gasteiger partial charge in [0.1, 0.15) is 0 Å². The van der Waals surface area contributed by atoms with Crippen LogP contribution in [0, 0.1) is 0 Å². The molecule has 1 N–H and O–H groups in total. The maximum atomic E-state index is 10.8. The third kappa shape index (κ3) is 2.49. The Labute approximate surface area is 89.6 Å². The number of aliphatic carboxylic acids is 1. The van der Waals surface area contributed by atoms with Gasteiger partial charge in [-0.15, -0.1) is 0 Å². The van der Waals surface area contributed by atoms with Crippen LogP contribution in [0.15, 0.2) is 0 Å². The van der Waals surface area contributed by atoms with E-state index in [2.05, 4.69) is 6.92 Å². The highest BCUT2D eigenvalue weighted by Crippen LogP contribution is 2.30. The molecule has 0 bridgehead atoms. The van der Waals surface area contributed by atoms with Crippen molar-refractivity contribution < 1.29 is 19.4 Å². The molecule has 0 radical (unpaired) electrons. The van der Waals surface area contributed by atoms with Crippen molar-refractivity contribution in [1.82, 2.24) is 0 Å². The monoisotopic (exact) mass is 214 g/mol. The highest BCUT2D eigenvalue weighted by atomic mass is 16.6. The van der Waals surface area contributed by atoms with Crippen molar-refractivity contribution in [2.24, 2.45) is 0 Å². The van der Waals surface area contributed by atoms with Gasteiger partial charge in [0.25, 0.3) is 0 Å². The maximum absolute atomic E-state index is 10.8. The minimum Gasteiger partial charge on any atom is -0.479 e. The Bertz CT molecular complexity index is 241. The minimum absolute atomic E-state index is 0.00944. The molecule has 0 aromatic heterocycles. The summed E-state index contributed by atoms with van der Waals surface area (Å²) in [5, 5.41) is 8.89. The first kappa shape index (κ1) is 10.9. The van der Waals surface area contributed by atoms with Gasteiger partial charge in [0.2, 0.25) is 0 Å². The summed E-state index contributed by atoms with van der Waals surface area (Å²) in [6.07, 6.45) is 4.32. The van der Waals surface area contributed by atoms with Gasteiger partial charge in [-0.05, 0) is 39.0 Å². The molecule has 4 heteroatoms. The van der Waals surface area contributed by atoms with Crippen molar-refractivity contribution in [2.45, 2.75) is 63.4 Å². The van der Waals surface area contributed by atoms with Crippen molar-refractivity contribution >= 4 is 5.97 Å². The Balaban J connectivity index is 1.90. The van der Waals surface area contributed by atoms with E-state index in [1.54, 1.807) is 0 Å². The molecule has 4 unspecified atom stereocenters. The molecule has 86 valence electrons. The fraction of sp³-hybridized carbons (Fsp3) is 0.909. The van der Waals surface area contributed by atoms with Crippen LogP contribution in [0.5, 0.6) is 0 Å². The van der Waals surface area contributed by atoms with Crippen LogP contribution >= 0.6 is 0 Å². The number of carboxylic acid groups (broad SMARTS) is 1. The summed E-state index contributed by atoms with van der Waals surface area (Å²) in [6.45, 7) is 2.05.